The van der Waals surface area contributed by atoms with Gasteiger partial charge in [-0.05, 0) is 51.8 Å². The van der Waals surface area contributed by atoms with Gasteiger partial charge in [-0.2, -0.15) is 0 Å². The maximum atomic E-state index is 13.2. The first-order valence-corrected chi connectivity index (χ1v) is 12.8. The minimum atomic E-state index is -0.850. The molecule has 4 rings (SSSR count). The van der Waals surface area contributed by atoms with E-state index in [2.05, 4.69) is 4.98 Å². The van der Waals surface area contributed by atoms with Gasteiger partial charge in [0, 0.05) is 0 Å². The van der Waals surface area contributed by atoms with Gasteiger partial charge in [-0.15, -0.1) is 0 Å². The van der Waals surface area contributed by atoms with E-state index in [-0.39, 0.29) is 36.8 Å². The summed E-state index contributed by atoms with van der Waals surface area (Å²) in [6.07, 6.45) is 0. The van der Waals surface area contributed by atoms with Crippen LogP contribution in [0.4, 0.5) is 0 Å². The Morgan fingerprint density at radius 2 is 0.974 bits per heavy atom. The molecular weight excluding hydrogens is 597 g/mol. The summed E-state index contributed by atoms with van der Waals surface area (Å²) < 4.78 is 16.8. The molecule has 7 nitrogen and oxygen atoms in total. The monoisotopic (exact) mass is 621 g/mol. The third-order valence-electron chi connectivity index (χ3n) is 5.60. The topological polar surface area (TPSA) is 91.8 Å². The third kappa shape index (κ3) is 6.83. The van der Waals surface area contributed by atoms with Crippen LogP contribution in [-0.2, 0) is 34.0 Å². The Kier molecular flexibility index (Phi) is 9.21. The fraction of sp³-hybridized carbons (Fsp3) is 0.133. The van der Waals surface area contributed by atoms with E-state index in [1.54, 1.807) is 19.1 Å². The second-order valence-corrected chi connectivity index (χ2v) is 9.39. The van der Waals surface area contributed by atoms with Crippen molar-refractivity contribution < 1.29 is 28.6 Å². The molecule has 1 heterocycles. The molecule has 0 radical (unpaired) electrons. The molecule has 0 spiro atoms. The Hall–Kier alpha value is -4.05. The maximum absolute atomic E-state index is 13.2. The number of nitrogens with zero attached hydrogens (tertiary/aromatic N) is 1. The first-order chi connectivity index (χ1) is 18.4. The average molecular weight is 621 g/mol. The van der Waals surface area contributed by atoms with Crippen molar-refractivity contribution in [1.29, 1.82) is 0 Å². The lowest BCUT2D eigenvalue weighted by atomic mass is 10.1. The Labute approximate surface area is 233 Å². The van der Waals surface area contributed by atoms with Gasteiger partial charge in [0.15, 0.2) is 11.4 Å². The van der Waals surface area contributed by atoms with Crippen molar-refractivity contribution >= 4 is 40.5 Å². The number of esters is 3. The van der Waals surface area contributed by atoms with E-state index in [4.69, 9.17) is 14.2 Å². The van der Waals surface area contributed by atoms with Crippen molar-refractivity contribution in [2.24, 2.45) is 0 Å². The SMILES string of the molecule is Cc1c(I)c(C(=O)OCc2ccccc2)nc(C(=O)OCc2ccccc2)c1C(=O)OCc1ccccc1. The lowest BCUT2D eigenvalue weighted by molar-refractivity contribution is 0.0412. The number of hydrogen-bond acceptors (Lipinski definition) is 7. The highest BCUT2D eigenvalue weighted by Gasteiger charge is 2.30. The van der Waals surface area contributed by atoms with Crippen molar-refractivity contribution in [3.8, 4) is 0 Å². The first kappa shape index (κ1) is 27.0. The van der Waals surface area contributed by atoms with Crippen LogP contribution in [0, 0.1) is 10.5 Å². The van der Waals surface area contributed by atoms with Crippen LogP contribution in [0.2, 0.25) is 0 Å². The van der Waals surface area contributed by atoms with Crippen LogP contribution in [0.3, 0.4) is 0 Å². The molecule has 192 valence electrons. The number of pyridine rings is 1. The molecule has 0 aliphatic heterocycles. The van der Waals surface area contributed by atoms with Gasteiger partial charge in [-0.25, -0.2) is 19.4 Å². The van der Waals surface area contributed by atoms with E-state index in [1.807, 2.05) is 101 Å². The lowest BCUT2D eigenvalue weighted by Gasteiger charge is -2.15. The summed E-state index contributed by atoms with van der Waals surface area (Å²) in [5.74, 6) is -2.31. The van der Waals surface area contributed by atoms with Gasteiger partial charge in [0.2, 0.25) is 0 Å². The Morgan fingerprint density at radius 3 is 1.39 bits per heavy atom. The van der Waals surface area contributed by atoms with E-state index < -0.39 is 17.9 Å². The zero-order chi connectivity index (χ0) is 26.9. The molecule has 0 saturated heterocycles. The van der Waals surface area contributed by atoms with Gasteiger partial charge in [0.1, 0.15) is 19.8 Å². The molecule has 4 aromatic rings. The normalized spacial score (nSPS) is 10.5. The van der Waals surface area contributed by atoms with Crippen molar-refractivity contribution in [3.05, 3.63) is 134 Å². The van der Waals surface area contributed by atoms with Crippen molar-refractivity contribution in [2.75, 3.05) is 0 Å². The second-order valence-electron chi connectivity index (χ2n) is 8.31. The summed E-state index contributed by atoms with van der Waals surface area (Å²) >= 11 is 1.92. The minimum absolute atomic E-state index is 0.00899. The van der Waals surface area contributed by atoms with Crippen LogP contribution in [0.1, 0.15) is 53.6 Å². The number of carbonyl (C=O) groups excluding carboxylic acids is 3. The molecule has 8 heteroatoms. The lowest BCUT2D eigenvalue weighted by Crippen LogP contribution is -2.22. The fourth-order valence-corrected chi connectivity index (χ4v) is 4.20. The number of carbonyl (C=O) groups is 3. The summed E-state index contributed by atoms with van der Waals surface area (Å²) in [5.41, 5.74) is 2.29. The summed E-state index contributed by atoms with van der Waals surface area (Å²) in [5, 5.41) is 0. The molecule has 3 aromatic carbocycles. The Bertz CT molecular complexity index is 1430. The number of ether oxygens (including phenoxy) is 3. The van der Waals surface area contributed by atoms with Gasteiger partial charge < -0.3 is 14.2 Å². The molecule has 1 aromatic heterocycles. The first-order valence-electron chi connectivity index (χ1n) is 11.8. The van der Waals surface area contributed by atoms with E-state index in [0.29, 0.717) is 9.13 Å². The maximum Gasteiger partial charge on any atom is 0.358 e. The molecule has 0 aliphatic rings. The van der Waals surface area contributed by atoms with E-state index >= 15 is 0 Å². The summed E-state index contributed by atoms with van der Waals surface area (Å²) in [6.45, 7) is 1.64. The van der Waals surface area contributed by atoms with E-state index in [1.165, 1.54) is 0 Å². The second kappa shape index (κ2) is 13.0. The number of rotatable bonds is 9. The van der Waals surface area contributed by atoms with Gasteiger partial charge in [0.05, 0.1) is 9.13 Å². The largest absolute Gasteiger partial charge is 0.457 e. The molecule has 0 bridgehead atoms. The highest BCUT2D eigenvalue weighted by molar-refractivity contribution is 14.1. The highest BCUT2D eigenvalue weighted by atomic mass is 127. The number of hydrogen-bond donors (Lipinski definition) is 0. The molecule has 0 atom stereocenters. The quantitative estimate of drug-likeness (QED) is 0.127. The number of halogens is 1. The third-order valence-corrected chi connectivity index (χ3v) is 6.92. The zero-order valence-electron chi connectivity index (χ0n) is 20.6. The van der Waals surface area contributed by atoms with Crippen LogP contribution in [0.15, 0.2) is 91.0 Å². The Balaban J connectivity index is 1.63. The fourth-order valence-electron chi connectivity index (χ4n) is 3.59. The molecule has 0 N–H and O–H groups in total. The van der Waals surface area contributed by atoms with Gasteiger partial charge in [-0.1, -0.05) is 91.0 Å². The molecule has 0 fully saturated rings. The molecule has 0 unspecified atom stereocenters. The molecule has 38 heavy (non-hydrogen) atoms. The van der Waals surface area contributed by atoms with Crippen LogP contribution in [-0.4, -0.2) is 22.9 Å². The average Bonchev–Trinajstić information content (AvgIpc) is 2.96. The molecular formula is C30H24INO6. The van der Waals surface area contributed by atoms with E-state index in [0.717, 1.165) is 16.7 Å². The van der Waals surface area contributed by atoms with Gasteiger partial charge in [0.25, 0.3) is 0 Å². The summed E-state index contributed by atoms with van der Waals surface area (Å²) in [7, 11) is 0. The standard InChI is InChI=1S/C30H24INO6/c1-20-24(28(33)36-17-21-11-5-2-6-12-21)26(29(34)37-18-22-13-7-3-8-14-22)32-27(25(20)31)30(35)38-19-23-15-9-4-10-16-23/h2-16H,17-19H2,1H3. The van der Waals surface area contributed by atoms with Gasteiger partial charge in [-0.3, -0.25) is 0 Å². The summed E-state index contributed by atoms with van der Waals surface area (Å²) in [6, 6.07) is 27.5. The van der Waals surface area contributed by atoms with Crippen LogP contribution in [0.25, 0.3) is 0 Å². The Morgan fingerprint density at radius 1 is 0.605 bits per heavy atom. The van der Waals surface area contributed by atoms with E-state index in [9.17, 15) is 14.4 Å². The van der Waals surface area contributed by atoms with Crippen molar-refractivity contribution in [2.45, 2.75) is 26.7 Å². The predicted molar refractivity (Wildman–Crippen MR) is 148 cm³/mol. The molecule has 0 aliphatic carbocycles. The highest BCUT2D eigenvalue weighted by Crippen LogP contribution is 2.25. The zero-order valence-corrected chi connectivity index (χ0v) is 22.7. The van der Waals surface area contributed by atoms with Crippen molar-refractivity contribution in [1.82, 2.24) is 4.98 Å². The number of aromatic nitrogens is 1. The molecule has 0 saturated carbocycles. The minimum Gasteiger partial charge on any atom is -0.457 e. The van der Waals surface area contributed by atoms with Crippen LogP contribution < -0.4 is 0 Å². The number of benzene rings is 3. The van der Waals surface area contributed by atoms with Crippen LogP contribution >= 0.6 is 22.6 Å². The van der Waals surface area contributed by atoms with Crippen LogP contribution in [0.5, 0.6) is 0 Å². The molecule has 0 amide bonds. The van der Waals surface area contributed by atoms with Gasteiger partial charge >= 0.3 is 17.9 Å². The van der Waals surface area contributed by atoms with Crippen molar-refractivity contribution in [3.63, 3.8) is 0 Å². The summed E-state index contributed by atoms with van der Waals surface area (Å²) in [4.78, 5) is 43.6. The predicted octanol–water partition coefficient (Wildman–Crippen LogP) is 6.07. The smallest absolute Gasteiger partial charge is 0.358 e.